The van der Waals surface area contributed by atoms with Gasteiger partial charge in [0.25, 0.3) is 5.91 Å². The molecule has 40 heavy (non-hydrogen) atoms. The van der Waals surface area contributed by atoms with E-state index >= 15 is 0 Å². The van der Waals surface area contributed by atoms with Crippen LogP contribution in [0.2, 0.25) is 5.02 Å². The van der Waals surface area contributed by atoms with Gasteiger partial charge in [0, 0.05) is 29.9 Å². The van der Waals surface area contributed by atoms with Crippen molar-refractivity contribution in [2.24, 2.45) is 5.73 Å². The number of nitrogen functional groups attached to an aromatic ring is 1. The predicted octanol–water partition coefficient (Wildman–Crippen LogP) is 5.40. The van der Waals surface area contributed by atoms with E-state index in [4.69, 9.17) is 22.7 Å². The second-order valence-electron chi connectivity index (χ2n) is 9.04. The Morgan fingerprint density at radius 2 is 1.85 bits per heavy atom. The number of aromatic nitrogens is 2. The van der Waals surface area contributed by atoms with Crippen LogP contribution in [0.15, 0.2) is 54.6 Å². The lowest BCUT2D eigenvalue weighted by Gasteiger charge is -2.22. The molecule has 1 heterocycles. The molecule has 12 heteroatoms. The van der Waals surface area contributed by atoms with Gasteiger partial charge in [-0.3, -0.25) is 15.0 Å². The molecule has 4 aromatic rings. The molecule has 5 N–H and O–H groups in total. The fourth-order valence-corrected chi connectivity index (χ4v) is 4.46. The van der Waals surface area contributed by atoms with Crippen molar-refractivity contribution in [2.75, 3.05) is 16.8 Å². The zero-order valence-electron chi connectivity index (χ0n) is 21.5. The number of nitrogens with two attached hydrogens (primary N) is 1. The van der Waals surface area contributed by atoms with Crippen LogP contribution in [0.3, 0.4) is 0 Å². The maximum absolute atomic E-state index is 14.5. The molecular formula is C28H27ClF2N6O3. The molecule has 208 valence electrons. The Balaban J connectivity index is 1.65. The molecule has 0 radical (unpaired) electrons. The molecule has 1 aromatic heterocycles. The van der Waals surface area contributed by atoms with Crippen LogP contribution in [-0.4, -0.2) is 38.9 Å². The van der Waals surface area contributed by atoms with E-state index in [0.29, 0.717) is 17.9 Å². The molecule has 0 bridgehead atoms. The van der Waals surface area contributed by atoms with E-state index in [-0.39, 0.29) is 52.9 Å². The van der Waals surface area contributed by atoms with Gasteiger partial charge in [-0.05, 0) is 61.0 Å². The Hall–Kier alpha value is -4.51. The molecule has 1 amide bonds. The Morgan fingerprint density at radius 1 is 1.10 bits per heavy atom. The summed E-state index contributed by atoms with van der Waals surface area (Å²) in [6.45, 7) is 2.68. The van der Waals surface area contributed by atoms with E-state index in [2.05, 4.69) is 10.3 Å². The predicted molar refractivity (Wildman–Crippen MR) is 150 cm³/mol. The van der Waals surface area contributed by atoms with Crippen molar-refractivity contribution in [1.29, 1.82) is 5.41 Å². The molecule has 0 saturated carbocycles. The summed E-state index contributed by atoms with van der Waals surface area (Å²) in [5.41, 5.74) is 7.74. The number of halogens is 3. The van der Waals surface area contributed by atoms with Gasteiger partial charge < -0.3 is 25.6 Å². The van der Waals surface area contributed by atoms with Crippen LogP contribution in [0.25, 0.3) is 11.0 Å². The van der Waals surface area contributed by atoms with E-state index in [9.17, 15) is 23.5 Å². The quantitative estimate of drug-likeness (QED) is 0.141. The Labute approximate surface area is 233 Å². The minimum Gasteiger partial charge on any atom is -0.481 e. The third kappa shape index (κ3) is 6.20. The number of carboxylic acid groups (broad SMARTS) is 1. The number of nitrogens with one attached hydrogen (secondary N) is 2. The van der Waals surface area contributed by atoms with Crippen molar-refractivity contribution in [3.05, 3.63) is 88.2 Å². The molecule has 9 nitrogen and oxygen atoms in total. The largest absolute Gasteiger partial charge is 0.481 e. The van der Waals surface area contributed by atoms with Gasteiger partial charge in [-0.25, -0.2) is 13.8 Å². The van der Waals surface area contributed by atoms with Crippen LogP contribution in [0.4, 0.5) is 20.2 Å². The lowest BCUT2D eigenvalue weighted by atomic mass is 10.1. The third-order valence-electron chi connectivity index (χ3n) is 6.25. The highest BCUT2D eigenvalue weighted by Gasteiger charge is 2.22. The zero-order valence-corrected chi connectivity index (χ0v) is 22.3. The van der Waals surface area contributed by atoms with Crippen molar-refractivity contribution in [3.63, 3.8) is 0 Å². The summed E-state index contributed by atoms with van der Waals surface area (Å²) in [7, 11) is 0. The van der Waals surface area contributed by atoms with Gasteiger partial charge in [-0.1, -0.05) is 18.5 Å². The monoisotopic (exact) mass is 568 g/mol. The van der Waals surface area contributed by atoms with E-state index < -0.39 is 23.5 Å². The van der Waals surface area contributed by atoms with Crippen LogP contribution in [0, 0.1) is 17.0 Å². The second kappa shape index (κ2) is 12.1. The van der Waals surface area contributed by atoms with E-state index in [1.807, 2.05) is 11.5 Å². The van der Waals surface area contributed by atoms with Crippen LogP contribution in [0.1, 0.15) is 41.5 Å². The topological polar surface area (TPSA) is 137 Å². The fourth-order valence-electron chi connectivity index (χ4n) is 4.29. The number of benzene rings is 3. The average Bonchev–Trinajstić information content (AvgIpc) is 3.26. The summed E-state index contributed by atoms with van der Waals surface area (Å²) in [5.74, 6) is -2.42. The number of hydrogen-bond donors (Lipinski definition) is 4. The molecule has 4 rings (SSSR count). The maximum atomic E-state index is 14.5. The molecule has 0 unspecified atom stereocenters. The number of carbonyl (C=O) groups is 2. The summed E-state index contributed by atoms with van der Waals surface area (Å²) in [6.07, 6.45) is 0.475. The first kappa shape index (κ1) is 28.5. The number of carboxylic acids is 1. The number of fused-ring (bicyclic) bond motifs is 1. The summed E-state index contributed by atoms with van der Waals surface area (Å²) in [6, 6.07) is 13.0. The summed E-state index contributed by atoms with van der Waals surface area (Å²) >= 11 is 5.92. The Kier molecular flexibility index (Phi) is 8.64. The number of amides is 1. The zero-order chi connectivity index (χ0) is 29.0. The average molecular weight is 569 g/mol. The highest BCUT2D eigenvalue weighted by molar-refractivity contribution is 6.31. The minimum atomic E-state index is -1.09. The van der Waals surface area contributed by atoms with Gasteiger partial charge in [-0.15, -0.1) is 0 Å². The number of nitrogens with zero attached hydrogens (tertiary/aromatic N) is 3. The molecule has 0 saturated heterocycles. The van der Waals surface area contributed by atoms with Crippen LogP contribution < -0.4 is 16.0 Å². The first-order chi connectivity index (χ1) is 19.1. The highest BCUT2D eigenvalue weighted by Crippen LogP contribution is 2.26. The van der Waals surface area contributed by atoms with Gasteiger partial charge in [0.1, 0.15) is 23.3 Å². The lowest BCUT2D eigenvalue weighted by molar-refractivity contribution is -0.136. The normalized spacial score (nSPS) is 11.0. The second-order valence-corrected chi connectivity index (χ2v) is 9.45. The standard InChI is InChI=1S/C28H27ClF2N6O3/c1-2-10-37-24-8-4-17(28(40)36(11-9-26(38)39)18-5-6-20(30)19(29)14-18)13-23(24)35-25(37)15-34-22-7-3-16(27(32)33)12-21(22)31/h3-8,12-14,34H,2,9-11,15H2,1H3,(H3,32,33)(H,38,39). The Bertz CT molecular complexity index is 1610. The minimum absolute atomic E-state index is 0.151. The van der Waals surface area contributed by atoms with Gasteiger partial charge in [0.05, 0.1) is 34.7 Å². The molecule has 0 aliphatic carbocycles. The van der Waals surface area contributed by atoms with Gasteiger partial charge in [-0.2, -0.15) is 0 Å². The molecule has 0 fully saturated rings. The van der Waals surface area contributed by atoms with Gasteiger partial charge in [0.2, 0.25) is 0 Å². The Morgan fingerprint density at radius 3 is 2.50 bits per heavy atom. The molecule has 0 aliphatic rings. The number of carbonyl (C=O) groups excluding carboxylic acids is 1. The molecular weight excluding hydrogens is 542 g/mol. The first-order valence-corrected chi connectivity index (χ1v) is 12.8. The highest BCUT2D eigenvalue weighted by atomic mass is 35.5. The smallest absolute Gasteiger partial charge is 0.305 e. The number of anilines is 2. The van der Waals surface area contributed by atoms with E-state index in [1.54, 1.807) is 24.3 Å². The van der Waals surface area contributed by atoms with Crippen molar-refractivity contribution in [2.45, 2.75) is 32.9 Å². The van der Waals surface area contributed by atoms with Crippen molar-refractivity contribution in [1.82, 2.24) is 9.55 Å². The van der Waals surface area contributed by atoms with Crippen LogP contribution in [-0.2, 0) is 17.9 Å². The van der Waals surface area contributed by atoms with E-state index in [0.717, 1.165) is 18.0 Å². The molecule has 0 atom stereocenters. The van der Waals surface area contributed by atoms with Crippen molar-refractivity contribution < 1.29 is 23.5 Å². The number of aryl methyl sites for hydroxylation is 1. The van der Waals surface area contributed by atoms with Crippen molar-refractivity contribution in [3.8, 4) is 0 Å². The maximum Gasteiger partial charge on any atom is 0.305 e. The lowest BCUT2D eigenvalue weighted by Crippen LogP contribution is -2.33. The summed E-state index contributed by atoms with van der Waals surface area (Å²) < 4.78 is 30.2. The van der Waals surface area contributed by atoms with E-state index in [1.165, 1.54) is 29.2 Å². The number of amidine groups is 1. The SMILES string of the molecule is CCCn1c(CNc2ccc(C(=N)N)cc2F)nc2cc(C(=O)N(CCC(=O)O)c3ccc(F)c(Cl)c3)ccc21. The number of hydrogen-bond acceptors (Lipinski definition) is 5. The van der Waals surface area contributed by atoms with Crippen LogP contribution in [0.5, 0.6) is 0 Å². The van der Waals surface area contributed by atoms with Gasteiger partial charge in [0.15, 0.2) is 0 Å². The van der Waals surface area contributed by atoms with Crippen molar-refractivity contribution >= 4 is 51.7 Å². The van der Waals surface area contributed by atoms with Crippen LogP contribution >= 0.6 is 11.6 Å². The number of aliphatic carboxylic acids is 1. The fraction of sp³-hybridized carbons (Fsp3) is 0.214. The molecule has 0 spiro atoms. The number of rotatable bonds is 11. The number of imidazole rings is 1. The molecule has 3 aromatic carbocycles. The molecule has 0 aliphatic heterocycles. The first-order valence-electron chi connectivity index (χ1n) is 12.4. The van der Waals surface area contributed by atoms with Gasteiger partial charge >= 0.3 is 5.97 Å². The summed E-state index contributed by atoms with van der Waals surface area (Å²) in [5, 5.41) is 19.5. The summed E-state index contributed by atoms with van der Waals surface area (Å²) in [4.78, 5) is 30.7. The third-order valence-corrected chi connectivity index (χ3v) is 6.54.